The van der Waals surface area contributed by atoms with Crippen LogP contribution in [0.25, 0.3) is 10.9 Å². The zero-order valence-corrected chi connectivity index (χ0v) is 15.4. The molecule has 5 heteroatoms. The third-order valence-electron chi connectivity index (χ3n) is 4.38. The van der Waals surface area contributed by atoms with Gasteiger partial charge in [0.2, 0.25) is 0 Å². The Kier molecular flexibility index (Phi) is 4.31. The number of rotatable bonds is 4. The fourth-order valence-corrected chi connectivity index (χ4v) is 3.82. The van der Waals surface area contributed by atoms with E-state index >= 15 is 0 Å². The number of nitrogens with one attached hydrogen (secondary N) is 2. The first-order chi connectivity index (χ1) is 12.6. The van der Waals surface area contributed by atoms with Gasteiger partial charge in [-0.15, -0.1) is 0 Å². The number of fused-ring (bicyclic) bond motifs is 1. The number of hydrogen-bond donors (Lipinski definition) is 2. The van der Waals surface area contributed by atoms with Gasteiger partial charge in [-0.05, 0) is 67.3 Å². The second-order valence-corrected chi connectivity index (χ2v) is 7.37. The number of carbonyl (C=O) groups is 1. The molecule has 0 unspecified atom stereocenters. The van der Waals surface area contributed by atoms with Crippen molar-refractivity contribution >= 4 is 34.4 Å². The van der Waals surface area contributed by atoms with E-state index in [-0.39, 0.29) is 5.91 Å². The van der Waals surface area contributed by atoms with Gasteiger partial charge in [-0.25, -0.2) is 0 Å². The van der Waals surface area contributed by atoms with Gasteiger partial charge >= 0.3 is 0 Å². The fourth-order valence-electron chi connectivity index (χ4n) is 2.98. The van der Waals surface area contributed by atoms with Gasteiger partial charge in [0.15, 0.2) is 0 Å². The van der Waals surface area contributed by atoms with Crippen LogP contribution in [-0.2, 0) is 0 Å². The molecule has 130 valence electrons. The lowest BCUT2D eigenvalue weighted by molar-refractivity contribution is 0.102. The summed E-state index contributed by atoms with van der Waals surface area (Å²) in [5.41, 5.74) is 4.77. The highest BCUT2D eigenvalue weighted by molar-refractivity contribution is 7.97. The van der Waals surface area contributed by atoms with E-state index in [1.807, 2.05) is 60.7 Å². The lowest BCUT2D eigenvalue weighted by Gasteiger charge is -2.10. The maximum absolute atomic E-state index is 12.6. The average molecular weight is 361 g/mol. The van der Waals surface area contributed by atoms with E-state index in [0.29, 0.717) is 5.56 Å². The van der Waals surface area contributed by atoms with Gasteiger partial charge in [-0.1, -0.05) is 18.2 Å². The van der Waals surface area contributed by atoms with Crippen LogP contribution >= 0.6 is 11.9 Å². The maximum atomic E-state index is 12.6. The lowest BCUT2D eigenvalue weighted by Crippen LogP contribution is -2.13. The molecule has 2 N–H and O–H groups in total. The number of amides is 1. The second-order valence-electron chi connectivity index (χ2n) is 6.30. The zero-order chi connectivity index (χ0) is 18.1. The molecule has 0 fully saturated rings. The Morgan fingerprint density at radius 1 is 1.08 bits per heavy atom. The number of aromatic nitrogens is 2. The lowest BCUT2D eigenvalue weighted by atomic mass is 10.1. The third-order valence-corrected chi connectivity index (χ3v) is 5.29. The number of aryl methyl sites for hydroxylation is 2. The normalized spacial score (nSPS) is 11.0. The van der Waals surface area contributed by atoms with Crippen molar-refractivity contribution in [3.05, 3.63) is 83.8 Å². The first kappa shape index (κ1) is 16.5. The Bertz CT molecular complexity index is 1070. The fraction of sp³-hybridized carbons (Fsp3) is 0.0952. The summed E-state index contributed by atoms with van der Waals surface area (Å²) in [7, 11) is 0. The zero-order valence-electron chi connectivity index (χ0n) is 14.6. The van der Waals surface area contributed by atoms with Crippen molar-refractivity contribution in [2.45, 2.75) is 18.7 Å². The van der Waals surface area contributed by atoms with Gasteiger partial charge in [-0.3, -0.25) is 8.77 Å². The molecule has 0 atom stereocenters. The molecule has 0 spiro atoms. The highest BCUT2D eigenvalue weighted by Crippen LogP contribution is 2.26. The summed E-state index contributed by atoms with van der Waals surface area (Å²) in [5, 5.41) is 4.20. The van der Waals surface area contributed by atoms with Gasteiger partial charge < -0.3 is 10.3 Å². The molecule has 0 saturated carbocycles. The summed E-state index contributed by atoms with van der Waals surface area (Å²) >= 11 is 1.58. The molecule has 2 aromatic carbocycles. The standard InChI is InChI=1S/C21H19N3OS/c1-14-4-3-5-15(2)20(14)23-21(25)17-9-11-24(13-17)26-18-6-7-19-16(12-18)8-10-22-19/h3-13,22H,1-2H3,(H,23,25). The Morgan fingerprint density at radius 2 is 1.88 bits per heavy atom. The van der Waals surface area contributed by atoms with Gasteiger partial charge in [0, 0.05) is 40.1 Å². The van der Waals surface area contributed by atoms with E-state index in [4.69, 9.17) is 0 Å². The predicted octanol–water partition coefficient (Wildman–Crippen LogP) is 5.39. The molecule has 0 aliphatic heterocycles. The topological polar surface area (TPSA) is 49.8 Å². The van der Waals surface area contributed by atoms with Crippen LogP contribution in [0.15, 0.2) is 72.0 Å². The summed E-state index contributed by atoms with van der Waals surface area (Å²) in [4.78, 5) is 16.9. The summed E-state index contributed by atoms with van der Waals surface area (Å²) in [6.45, 7) is 4.00. The van der Waals surface area contributed by atoms with Crippen LogP contribution in [-0.4, -0.2) is 14.9 Å². The van der Waals surface area contributed by atoms with Crippen LogP contribution in [0.3, 0.4) is 0 Å². The molecule has 0 bridgehead atoms. The molecule has 26 heavy (non-hydrogen) atoms. The van der Waals surface area contributed by atoms with Crippen LogP contribution in [0.5, 0.6) is 0 Å². The van der Waals surface area contributed by atoms with Crippen molar-refractivity contribution in [2.75, 3.05) is 5.32 Å². The molecule has 0 aliphatic carbocycles. The average Bonchev–Trinajstić information content (AvgIpc) is 3.27. The summed E-state index contributed by atoms with van der Waals surface area (Å²) in [5.74, 6) is -0.0946. The summed E-state index contributed by atoms with van der Waals surface area (Å²) in [6, 6.07) is 16.2. The summed E-state index contributed by atoms with van der Waals surface area (Å²) < 4.78 is 1.95. The minimum atomic E-state index is -0.0946. The van der Waals surface area contributed by atoms with Crippen LogP contribution in [0.2, 0.25) is 0 Å². The van der Waals surface area contributed by atoms with Crippen molar-refractivity contribution in [1.82, 2.24) is 8.96 Å². The number of para-hydroxylation sites is 1. The van der Waals surface area contributed by atoms with Gasteiger partial charge in [0.25, 0.3) is 5.91 Å². The van der Waals surface area contributed by atoms with Crippen molar-refractivity contribution < 1.29 is 4.79 Å². The number of H-pyrrole nitrogens is 1. The summed E-state index contributed by atoms with van der Waals surface area (Å²) in [6.07, 6.45) is 5.70. The molecule has 0 aliphatic rings. The van der Waals surface area contributed by atoms with Gasteiger partial charge in [0.1, 0.15) is 0 Å². The number of nitrogens with zero attached hydrogens (tertiary/aromatic N) is 1. The SMILES string of the molecule is Cc1cccc(C)c1NC(=O)c1ccn(Sc2ccc3[nH]ccc3c2)c1. The van der Waals surface area contributed by atoms with E-state index in [2.05, 4.69) is 34.6 Å². The number of aromatic amines is 1. The number of hydrogen-bond acceptors (Lipinski definition) is 2. The largest absolute Gasteiger partial charge is 0.361 e. The molecule has 1 amide bonds. The minimum absolute atomic E-state index is 0.0946. The highest BCUT2D eigenvalue weighted by atomic mass is 32.2. The highest BCUT2D eigenvalue weighted by Gasteiger charge is 2.11. The first-order valence-electron chi connectivity index (χ1n) is 8.41. The molecule has 4 rings (SSSR count). The smallest absolute Gasteiger partial charge is 0.257 e. The molecule has 4 aromatic rings. The predicted molar refractivity (Wildman–Crippen MR) is 108 cm³/mol. The monoisotopic (exact) mass is 361 g/mol. The van der Waals surface area contributed by atoms with Crippen LogP contribution in [0.1, 0.15) is 21.5 Å². The molecule has 0 radical (unpaired) electrons. The maximum Gasteiger partial charge on any atom is 0.257 e. The first-order valence-corrected chi connectivity index (χ1v) is 9.18. The molecular weight excluding hydrogens is 342 g/mol. The molecule has 4 nitrogen and oxygen atoms in total. The van der Waals surface area contributed by atoms with E-state index in [1.54, 1.807) is 11.9 Å². The Hall–Kier alpha value is -2.92. The molecule has 2 aromatic heterocycles. The Morgan fingerprint density at radius 3 is 2.69 bits per heavy atom. The number of carbonyl (C=O) groups excluding carboxylic acids is 1. The molecular formula is C21H19N3OS. The molecule has 2 heterocycles. The van der Waals surface area contributed by atoms with Crippen molar-refractivity contribution in [2.24, 2.45) is 0 Å². The Labute approximate surface area is 156 Å². The molecule has 0 saturated heterocycles. The van der Waals surface area contributed by atoms with Crippen LogP contribution < -0.4 is 5.32 Å². The number of benzene rings is 2. The van der Waals surface area contributed by atoms with Crippen LogP contribution in [0.4, 0.5) is 5.69 Å². The van der Waals surface area contributed by atoms with Crippen LogP contribution in [0, 0.1) is 13.8 Å². The quantitative estimate of drug-likeness (QED) is 0.512. The van der Waals surface area contributed by atoms with E-state index in [0.717, 1.165) is 27.2 Å². The van der Waals surface area contributed by atoms with Crippen molar-refractivity contribution in [1.29, 1.82) is 0 Å². The van der Waals surface area contributed by atoms with Crippen molar-refractivity contribution in [3.8, 4) is 0 Å². The van der Waals surface area contributed by atoms with Gasteiger partial charge in [-0.2, -0.15) is 0 Å². The van der Waals surface area contributed by atoms with E-state index < -0.39 is 0 Å². The van der Waals surface area contributed by atoms with E-state index in [1.165, 1.54) is 5.39 Å². The second kappa shape index (κ2) is 6.77. The van der Waals surface area contributed by atoms with Gasteiger partial charge in [0.05, 0.1) is 5.56 Å². The van der Waals surface area contributed by atoms with E-state index in [9.17, 15) is 4.79 Å². The Balaban J connectivity index is 1.51. The third kappa shape index (κ3) is 3.26. The van der Waals surface area contributed by atoms with Crippen molar-refractivity contribution in [3.63, 3.8) is 0 Å². The minimum Gasteiger partial charge on any atom is -0.361 e. The number of anilines is 1.